The van der Waals surface area contributed by atoms with Crippen molar-refractivity contribution in [3.8, 4) is 22.8 Å². The Morgan fingerprint density at radius 2 is 1.70 bits per heavy atom. The van der Waals surface area contributed by atoms with Gasteiger partial charge in [-0.1, -0.05) is 42.8 Å². The van der Waals surface area contributed by atoms with Gasteiger partial charge in [-0.15, -0.1) is 0 Å². The van der Waals surface area contributed by atoms with Gasteiger partial charge in [0.25, 0.3) is 5.91 Å². The average Bonchev–Trinajstić information content (AvgIpc) is 2.91. The smallest absolute Gasteiger partial charge is 0.262 e. The van der Waals surface area contributed by atoms with Gasteiger partial charge < -0.3 is 20.4 Å². The van der Waals surface area contributed by atoms with E-state index in [0.717, 1.165) is 47.6 Å². The Hall–Kier alpha value is -4.43. The maximum Gasteiger partial charge on any atom is 0.262 e. The number of aryl methyl sites for hydroxylation is 1. The van der Waals surface area contributed by atoms with Crippen LogP contribution in [-0.4, -0.2) is 32.0 Å². The SMILES string of the molecule is Cc1cnc(Cl)nc1-c1ccc(N(Cc2ccc(CNC(=O)C3CCC3)cc2)C(=O)c2ccc(O)cc2O)cc1. The molecule has 1 aromatic heterocycles. The number of aromatic nitrogens is 2. The molecule has 3 aromatic carbocycles. The highest BCUT2D eigenvalue weighted by Gasteiger charge is 2.25. The molecule has 1 aliphatic carbocycles. The zero-order valence-corrected chi connectivity index (χ0v) is 22.7. The summed E-state index contributed by atoms with van der Waals surface area (Å²) in [5, 5.41) is 23.3. The highest BCUT2D eigenvalue weighted by Crippen LogP contribution is 2.30. The van der Waals surface area contributed by atoms with Gasteiger partial charge in [0.1, 0.15) is 11.5 Å². The number of benzene rings is 3. The van der Waals surface area contributed by atoms with Crippen molar-refractivity contribution < 1.29 is 19.8 Å². The first-order valence-electron chi connectivity index (χ1n) is 13.1. The monoisotopic (exact) mass is 556 g/mol. The van der Waals surface area contributed by atoms with E-state index in [1.165, 1.54) is 12.1 Å². The topological polar surface area (TPSA) is 116 Å². The van der Waals surface area contributed by atoms with Gasteiger partial charge in [0.2, 0.25) is 11.2 Å². The standard InChI is InChI=1S/C31H29ClN4O4/c1-19-16-34-31(32)35-28(19)22-9-11-24(12-10-22)36(30(40)26-14-13-25(37)15-27(26)38)18-21-7-5-20(6-8-21)17-33-29(39)23-3-2-4-23/h5-16,23,37-38H,2-4,17-18H2,1H3,(H,33,39). The summed E-state index contributed by atoms with van der Waals surface area (Å²) in [5.41, 5.74) is 4.88. The van der Waals surface area contributed by atoms with Crippen LogP contribution in [0.5, 0.6) is 11.5 Å². The van der Waals surface area contributed by atoms with Crippen molar-refractivity contribution in [2.45, 2.75) is 39.3 Å². The first-order chi connectivity index (χ1) is 19.3. The van der Waals surface area contributed by atoms with Crippen LogP contribution in [0.4, 0.5) is 5.69 Å². The van der Waals surface area contributed by atoms with Gasteiger partial charge in [0.05, 0.1) is 17.8 Å². The van der Waals surface area contributed by atoms with Gasteiger partial charge in [0, 0.05) is 36.0 Å². The van der Waals surface area contributed by atoms with E-state index < -0.39 is 5.91 Å². The molecule has 1 aliphatic rings. The maximum absolute atomic E-state index is 13.7. The molecule has 0 atom stereocenters. The summed E-state index contributed by atoms with van der Waals surface area (Å²) in [4.78, 5) is 35.7. The summed E-state index contributed by atoms with van der Waals surface area (Å²) in [6, 6.07) is 18.9. The third kappa shape index (κ3) is 6.07. The van der Waals surface area contributed by atoms with Crippen molar-refractivity contribution in [1.29, 1.82) is 0 Å². The molecule has 1 saturated carbocycles. The van der Waals surface area contributed by atoms with Gasteiger partial charge in [-0.2, -0.15) is 0 Å². The Balaban J connectivity index is 1.39. The molecule has 1 fully saturated rings. The summed E-state index contributed by atoms with van der Waals surface area (Å²) in [6.07, 6.45) is 4.68. The summed E-state index contributed by atoms with van der Waals surface area (Å²) < 4.78 is 0. The Bertz CT molecular complexity index is 1540. The lowest BCUT2D eigenvalue weighted by Crippen LogP contribution is -2.34. The van der Waals surface area contributed by atoms with Crippen molar-refractivity contribution in [2.75, 3.05) is 4.90 Å². The molecule has 8 nitrogen and oxygen atoms in total. The number of hydrogen-bond acceptors (Lipinski definition) is 6. The summed E-state index contributed by atoms with van der Waals surface area (Å²) in [6.45, 7) is 2.57. The third-order valence-electron chi connectivity index (χ3n) is 7.16. The van der Waals surface area contributed by atoms with Crippen LogP contribution in [-0.2, 0) is 17.9 Å². The molecule has 204 valence electrons. The van der Waals surface area contributed by atoms with E-state index in [1.54, 1.807) is 11.1 Å². The fraction of sp³-hybridized carbons (Fsp3) is 0.226. The van der Waals surface area contributed by atoms with E-state index in [4.69, 9.17) is 11.6 Å². The van der Waals surface area contributed by atoms with Gasteiger partial charge >= 0.3 is 0 Å². The number of halogens is 1. The zero-order chi connectivity index (χ0) is 28.2. The van der Waals surface area contributed by atoms with Crippen LogP contribution in [0.25, 0.3) is 11.3 Å². The minimum absolute atomic E-state index is 0.0654. The molecule has 4 aromatic rings. The number of rotatable bonds is 8. The summed E-state index contributed by atoms with van der Waals surface area (Å²) in [7, 11) is 0. The molecule has 0 saturated heterocycles. The van der Waals surface area contributed by atoms with Crippen LogP contribution in [0.3, 0.4) is 0 Å². The third-order valence-corrected chi connectivity index (χ3v) is 7.34. The lowest BCUT2D eigenvalue weighted by molar-refractivity contribution is -0.127. The Morgan fingerprint density at radius 1 is 1.00 bits per heavy atom. The van der Waals surface area contributed by atoms with Gasteiger partial charge in [0.15, 0.2) is 0 Å². The number of phenolic OH excluding ortho intramolecular Hbond substituents is 2. The summed E-state index contributed by atoms with van der Waals surface area (Å²) >= 11 is 6.01. The molecule has 0 unspecified atom stereocenters. The molecule has 0 spiro atoms. The number of hydrogen-bond donors (Lipinski definition) is 3. The van der Waals surface area contributed by atoms with E-state index >= 15 is 0 Å². The molecular formula is C31H29ClN4O4. The lowest BCUT2D eigenvalue weighted by Gasteiger charge is -2.24. The van der Waals surface area contributed by atoms with Crippen molar-refractivity contribution in [3.63, 3.8) is 0 Å². The Morgan fingerprint density at radius 3 is 2.35 bits per heavy atom. The van der Waals surface area contributed by atoms with Crippen molar-refractivity contribution >= 4 is 29.1 Å². The highest BCUT2D eigenvalue weighted by molar-refractivity contribution is 6.28. The first-order valence-corrected chi connectivity index (χ1v) is 13.5. The number of amides is 2. The normalized spacial score (nSPS) is 12.9. The largest absolute Gasteiger partial charge is 0.508 e. The zero-order valence-electron chi connectivity index (χ0n) is 22.0. The van der Waals surface area contributed by atoms with Crippen LogP contribution in [0.2, 0.25) is 5.28 Å². The van der Waals surface area contributed by atoms with Gasteiger partial charge in [-0.3, -0.25) is 9.59 Å². The Kier molecular flexibility index (Phi) is 7.98. The van der Waals surface area contributed by atoms with E-state index in [-0.39, 0.29) is 40.7 Å². The van der Waals surface area contributed by atoms with Crippen LogP contribution >= 0.6 is 11.6 Å². The lowest BCUT2D eigenvalue weighted by atomic mass is 9.85. The quantitative estimate of drug-likeness (QED) is 0.237. The van der Waals surface area contributed by atoms with E-state index in [0.29, 0.717) is 17.9 Å². The molecule has 5 rings (SSSR count). The van der Waals surface area contributed by atoms with Crippen LogP contribution in [0.1, 0.15) is 46.3 Å². The van der Waals surface area contributed by atoms with Crippen molar-refractivity contribution in [2.24, 2.45) is 5.92 Å². The van der Waals surface area contributed by atoms with Crippen LogP contribution < -0.4 is 10.2 Å². The second-order valence-electron chi connectivity index (χ2n) is 9.97. The first kappa shape index (κ1) is 27.1. The molecule has 3 N–H and O–H groups in total. The van der Waals surface area contributed by atoms with E-state index in [2.05, 4.69) is 15.3 Å². The predicted molar refractivity (Wildman–Crippen MR) is 153 cm³/mol. The molecule has 40 heavy (non-hydrogen) atoms. The molecule has 1 heterocycles. The van der Waals surface area contributed by atoms with Crippen LogP contribution in [0.15, 0.2) is 72.9 Å². The van der Waals surface area contributed by atoms with Gasteiger partial charge in [-0.25, -0.2) is 9.97 Å². The van der Waals surface area contributed by atoms with Crippen LogP contribution in [0, 0.1) is 12.8 Å². The number of aromatic hydroxyl groups is 2. The molecule has 0 aliphatic heterocycles. The second-order valence-corrected chi connectivity index (χ2v) is 10.3. The minimum atomic E-state index is -0.427. The molecule has 0 bridgehead atoms. The molecule has 9 heteroatoms. The van der Waals surface area contributed by atoms with E-state index in [9.17, 15) is 19.8 Å². The highest BCUT2D eigenvalue weighted by atomic mass is 35.5. The minimum Gasteiger partial charge on any atom is -0.508 e. The summed E-state index contributed by atoms with van der Waals surface area (Å²) in [5.74, 6) is -0.636. The van der Waals surface area contributed by atoms with Crippen molar-refractivity contribution in [3.05, 3.63) is 100 Å². The Labute approximate surface area is 237 Å². The molecule has 0 radical (unpaired) electrons. The van der Waals surface area contributed by atoms with E-state index in [1.807, 2.05) is 55.5 Å². The molecular weight excluding hydrogens is 528 g/mol. The number of carbonyl (C=O) groups excluding carboxylic acids is 2. The second kappa shape index (κ2) is 11.8. The number of nitrogens with zero attached hydrogens (tertiary/aromatic N) is 3. The number of nitrogens with one attached hydrogen (secondary N) is 1. The maximum atomic E-state index is 13.7. The number of phenols is 2. The number of carbonyl (C=O) groups is 2. The predicted octanol–water partition coefficient (Wildman–Crippen LogP) is 5.78. The number of anilines is 1. The average molecular weight is 557 g/mol. The van der Waals surface area contributed by atoms with Crippen molar-refractivity contribution in [1.82, 2.24) is 15.3 Å². The fourth-order valence-electron chi connectivity index (χ4n) is 4.59. The fourth-order valence-corrected chi connectivity index (χ4v) is 4.72. The molecule has 2 amide bonds. The van der Waals surface area contributed by atoms with Gasteiger partial charge in [-0.05, 0) is 72.3 Å².